The molecule has 19 heavy (non-hydrogen) atoms. The second-order valence-corrected chi connectivity index (χ2v) is 4.58. The summed E-state index contributed by atoms with van der Waals surface area (Å²) in [4.78, 5) is 11.2. The van der Waals surface area contributed by atoms with Gasteiger partial charge in [-0.15, -0.1) is 0 Å². The first-order chi connectivity index (χ1) is 9.12. The van der Waals surface area contributed by atoms with Gasteiger partial charge in [0.25, 0.3) is 0 Å². The molecule has 0 amide bonds. The highest BCUT2D eigenvalue weighted by Crippen LogP contribution is 2.21. The van der Waals surface area contributed by atoms with Gasteiger partial charge < -0.3 is 9.84 Å². The molecular weight excluding hydrogens is 242 g/mol. The highest BCUT2D eigenvalue weighted by molar-refractivity contribution is 5.73. The van der Waals surface area contributed by atoms with Crippen LogP contribution in [0, 0.1) is 0 Å². The molecule has 1 rings (SSSR count). The van der Waals surface area contributed by atoms with Crippen molar-refractivity contribution in [1.29, 1.82) is 0 Å². The van der Waals surface area contributed by atoms with Crippen molar-refractivity contribution in [2.45, 2.75) is 45.2 Å². The number of hydrogen-bond acceptors (Lipinski definition) is 3. The molecule has 0 saturated carbocycles. The summed E-state index contributed by atoms with van der Waals surface area (Å²) >= 11 is 0. The lowest BCUT2D eigenvalue weighted by Crippen LogP contribution is -2.38. The Morgan fingerprint density at radius 1 is 1.32 bits per heavy atom. The number of nitrogens with one attached hydrogen (secondary N) is 1. The highest BCUT2D eigenvalue weighted by atomic mass is 16.5. The van der Waals surface area contributed by atoms with E-state index in [0.29, 0.717) is 6.42 Å². The van der Waals surface area contributed by atoms with Gasteiger partial charge in [0.1, 0.15) is 11.8 Å². The Morgan fingerprint density at radius 2 is 1.95 bits per heavy atom. The Bertz CT molecular complexity index is 389. The lowest BCUT2D eigenvalue weighted by molar-refractivity contribution is -0.139. The van der Waals surface area contributed by atoms with E-state index >= 15 is 0 Å². The first-order valence-electron chi connectivity index (χ1n) is 6.75. The maximum atomic E-state index is 11.2. The predicted octanol–water partition coefficient (Wildman–Crippen LogP) is 2.99. The molecule has 0 spiro atoms. The molecule has 1 aromatic rings. The minimum absolute atomic E-state index is 0.0542. The fraction of sp³-hybridized carbons (Fsp3) is 0.533. The van der Waals surface area contributed by atoms with Gasteiger partial charge in [-0.1, -0.05) is 32.4 Å². The van der Waals surface area contributed by atoms with Crippen LogP contribution >= 0.6 is 0 Å². The molecule has 2 N–H and O–H groups in total. The van der Waals surface area contributed by atoms with E-state index in [0.717, 1.165) is 24.2 Å². The van der Waals surface area contributed by atoms with Crippen molar-refractivity contribution in [3.05, 3.63) is 29.8 Å². The number of methoxy groups -OCH3 is 1. The summed E-state index contributed by atoms with van der Waals surface area (Å²) in [6, 6.07) is 7.32. The monoisotopic (exact) mass is 265 g/mol. The Labute approximate surface area is 114 Å². The van der Waals surface area contributed by atoms with Crippen molar-refractivity contribution in [1.82, 2.24) is 5.32 Å². The zero-order chi connectivity index (χ0) is 14.3. The van der Waals surface area contributed by atoms with E-state index in [-0.39, 0.29) is 6.04 Å². The Kier molecular flexibility index (Phi) is 6.36. The number of hydrogen-bond donors (Lipinski definition) is 2. The van der Waals surface area contributed by atoms with Crippen LogP contribution in [0.15, 0.2) is 24.3 Å². The molecule has 0 heterocycles. The third kappa shape index (κ3) is 4.56. The van der Waals surface area contributed by atoms with Crippen molar-refractivity contribution in [2.24, 2.45) is 0 Å². The molecule has 2 atom stereocenters. The van der Waals surface area contributed by atoms with Gasteiger partial charge in [0.15, 0.2) is 0 Å². The normalized spacial score (nSPS) is 13.8. The molecule has 0 bridgehead atoms. The summed E-state index contributed by atoms with van der Waals surface area (Å²) in [5.74, 6) is 0.0238. The summed E-state index contributed by atoms with van der Waals surface area (Å²) < 4.78 is 5.13. The average Bonchev–Trinajstić information content (AvgIpc) is 2.43. The molecule has 1 aromatic carbocycles. The number of carboxylic acid groups (broad SMARTS) is 1. The molecule has 0 aromatic heterocycles. The van der Waals surface area contributed by atoms with Gasteiger partial charge in [0, 0.05) is 6.04 Å². The molecule has 106 valence electrons. The van der Waals surface area contributed by atoms with E-state index in [1.54, 1.807) is 7.11 Å². The molecule has 4 heteroatoms. The van der Waals surface area contributed by atoms with E-state index in [1.165, 1.54) is 0 Å². The van der Waals surface area contributed by atoms with Gasteiger partial charge in [-0.05, 0) is 30.5 Å². The topological polar surface area (TPSA) is 58.6 Å². The minimum atomic E-state index is -0.784. The zero-order valence-electron chi connectivity index (χ0n) is 11.8. The number of benzene rings is 1. The maximum absolute atomic E-state index is 11.2. The first-order valence-corrected chi connectivity index (χ1v) is 6.75. The van der Waals surface area contributed by atoms with Crippen LogP contribution in [0.5, 0.6) is 5.75 Å². The second kappa shape index (κ2) is 7.79. The van der Waals surface area contributed by atoms with Crippen LogP contribution in [0.3, 0.4) is 0 Å². The molecule has 0 aliphatic heterocycles. The number of carboxylic acids is 1. The summed E-state index contributed by atoms with van der Waals surface area (Å²) in [5, 5.41) is 12.4. The molecule has 0 radical (unpaired) electrons. The lowest BCUT2D eigenvalue weighted by atomic mass is 10.0. The predicted molar refractivity (Wildman–Crippen MR) is 75.5 cm³/mol. The van der Waals surface area contributed by atoms with Gasteiger partial charge in [-0.25, -0.2) is 0 Å². The minimum Gasteiger partial charge on any atom is -0.497 e. The van der Waals surface area contributed by atoms with Crippen molar-refractivity contribution in [2.75, 3.05) is 7.11 Å². The molecule has 0 aliphatic carbocycles. The number of ether oxygens (including phenoxy) is 1. The van der Waals surface area contributed by atoms with E-state index in [9.17, 15) is 9.90 Å². The molecule has 2 unspecified atom stereocenters. The van der Waals surface area contributed by atoms with Crippen LogP contribution in [-0.2, 0) is 4.79 Å². The molecular formula is C15H23NO3. The smallest absolute Gasteiger partial charge is 0.320 e. The van der Waals surface area contributed by atoms with Crippen molar-refractivity contribution in [3.63, 3.8) is 0 Å². The van der Waals surface area contributed by atoms with Gasteiger partial charge in [-0.2, -0.15) is 0 Å². The summed E-state index contributed by atoms with van der Waals surface area (Å²) in [7, 11) is 1.63. The number of carbonyl (C=O) groups is 1. The lowest BCUT2D eigenvalue weighted by Gasteiger charge is -2.22. The fourth-order valence-corrected chi connectivity index (χ4v) is 2.10. The SMILES string of the molecule is CCCC(NC(CC)c1ccc(OC)cc1)C(=O)O. The summed E-state index contributed by atoms with van der Waals surface area (Å²) in [5.41, 5.74) is 1.09. The van der Waals surface area contributed by atoms with Crippen molar-refractivity contribution >= 4 is 5.97 Å². The van der Waals surface area contributed by atoms with E-state index in [1.807, 2.05) is 38.1 Å². The quantitative estimate of drug-likeness (QED) is 0.758. The van der Waals surface area contributed by atoms with E-state index in [2.05, 4.69) is 5.32 Å². The van der Waals surface area contributed by atoms with Crippen LogP contribution in [-0.4, -0.2) is 24.2 Å². The standard InChI is InChI=1S/C15H23NO3/c1-4-6-14(15(17)18)16-13(5-2)11-7-9-12(19-3)10-8-11/h7-10,13-14,16H,4-6H2,1-3H3,(H,17,18). The fourth-order valence-electron chi connectivity index (χ4n) is 2.10. The molecule has 4 nitrogen and oxygen atoms in total. The Balaban J connectivity index is 2.77. The van der Waals surface area contributed by atoms with Crippen LogP contribution in [0.4, 0.5) is 0 Å². The Morgan fingerprint density at radius 3 is 2.37 bits per heavy atom. The van der Waals surface area contributed by atoms with Gasteiger partial charge in [0.2, 0.25) is 0 Å². The Hall–Kier alpha value is -1.55. The molecule has 0 aliphatic rings. The average molecular weight is 265 g/mol. The van der Waals surface area contributed by atoms with Gasteiger partial charge in [-0.3, -0.25) is 10.1 Å². The third-order valence-corrected chi connectivity index (χ3v) is 3.20. The van der Waals surface area contributed by atoms with E-state index in [4.69, 9.17) is 4.74 Å². The maximum Gasteiger partial charge on any atom is 0.320 e. The van der Waals surface area contributed by atoms with Crippen LogP contribution in [0.25, 0.3) is 0 Å². The van der Waals surface area contributed by atoms with Crippen LogP contribution in [0.1, 0.15) is 44.7 Å². The largest absolute Gasteiger partial charge is 0.497 e. The second-order valence-electron chi connectivity index (χ2n) is 4.58. The molecule has 0 saturated heterocycles. The number of aliphatic carboxylic acids is 1. The third-order valence-electron chi connectivity index (χ3n) is 3.20. The summed E-state index contributed by atoms with van der Waals surface area (Å²) in [6.45, 7) is 4.04. The highest BCUT2D eigenvalue weighted by Gasteiger charge is 2.20. The van der Waals surface area contributed by atoms with Crippen LogP contribution in [0.2, 0.25) is 0 Å². The van der Waals surface area contributed by atoms with Gasteiger partial charge in [0.05, 0.1) is 7.11 Å². The number of rotatable bonds is 8. The van der Waals surface area contributed by atoms with Gasteiger partial charge >= 0.3 is 5.97 Å². The first kappa shape index (κ1) is 15.5. The van der Waals surface area contributed by atoms with E-state index < -0.39 is 12.0 Å². The van der Waals surface area contributed by atoms with Crippen LogP contribution < -0.4 is 10.1 Å². The molecule has 0 fully saturated rings. The van der Waals surface area contributed by atoms with Crippen molar-refractivity contribution < 1.29 is 14.6 Å². The van der Waals surface area contributed by atoms with Crippen molar-refractivity contribution in [3.8, 4) is 5.75 Å². The zero-order valence-corrected chi connectivity index (χ0v) is 11.8. The summed E-state index contributed by atoms with van der Waals surface area (Å²) in [6.07, 6.45) is 2.34.